The Labute approximate surface area is 138 Å². The van der Waals surface area contributed by atoms with E-state index in [2.05, 4.69) is 20.3 Å². The van der Waals surface area contributed by atoms with Gasteiger partial charge < -0.3 is 9.88 Å². The van der Waals surface area contributed by atoms with E-state index < -0.39 is 0 Å². The average molecular weight is 327 g/mol. The highest BCUT2D eigenvalue weighted by atomic mass is 32.1. The molecule has 0 aliphatic heterocycles. The van der Waals surface area contributed by atoms with Gasteiger partial charge in [0.25, 0.3) is 5.91 Å². The fourth-order valence-electron chi connectivity index (χ4n) is 2.18. The van der Waals surface area contributed by atoms with E-state index in [-0.39, 0.29) is 5.91 Å². The van der Waals surface area contributed by atoms with Crippen LogP contribution in [0.25, 0.3) is 10.6 Å². The van der Waals surface area contributed by atoms with Gasteiger partial charge in [0, 0.05) is 43.4 Å². The van der Waals surface area contributed by atoms with E-state index in [1.165, 1.54) is 11.3 Å². The molecule has 0 unspecified atom stereocenters. The van der Waals surface area contributed by atoms with Crippen LogP contribution in [0.15, 0.2) is 43.2 Å². The molecule has 0 radical (unpaired) electrons. The van der Waals surface area contributed by atoms with Crippen molar-refractivity contribution in [2.24, 2.45) is 0 Å². The van der Waals surface area contributed by atoms with Crippen LogP contribution in [0.5, 0.6) is 0 Å². The number of hydrogen-bond acceptors (Lipinski definition) is 5. The summed E-state index contributed by atoms with van der Waals surface area (Å²) in [5, 5.41) is 3.77. The monoisotopic (exact) mass is 327 g/mol. The van der Waals surface area contributed by atoms with Gasteiger partial charge in [-0.25, -0.2) is 9.97 Å². The van der Waals surface area contributed by atoms with Crippen molar-refractivity contribution in [3.8, 4) is 10.6 Å². The van der Waals surface area contributed by atoms with Crippen LogP contribution in [-0.2, 0) is 6.54 Å². The lowest BCUT2D eigenvalue weighted by Gasteiger charge is -2.04. The fourth-order valence-corrected chi connectivity index (χ4v) is 3.16. The molecule has 7 heteroatoms. The smallest absolute Gasteiger partial charge is 0.263 e. The maximum Gasteiger partial charge on any atom is 0.263 e. The predicted octanol–water partition coefficient (Wildman–Crippen LogP) is 2.53. The summed E-state index contributed by atoms with van der Waals surface area (Å²) in [6, 6.07) is 3.81. The van der Waals surface area contributed by atoms with Gasteiger partial charge in [-0.15, -0.1) is 11.3 Å². The molecule has 3 rings (SSSR count). The van der Waals surface area contributed by atoms with Crippen molar-refractivity contribution in [2.45, 2.75) is 19.9 Å². The standard InChI is InChI=1S/C16H17N5OS/c1-12-14(23-16(20-12)13-4-2-5-17-10-13)15(22)19-6-3-8-21-9-7-18-11-21/h2,4-5,7,9-11H,3,6,8H2,1H3,(H,19,22). The van der Waals surface area contributed by atoms with E-state index >= 15 is 0 Å². The van der Waals surface area contributed by atoms with Gasteiger partial charge >= 0.3 is 0 Å². The van der Waals surface area contributed by atoms with Crippen LogP contribution in [0.2, 0.25) is 0 Å². The number of hydrogen-bond donors (Lipinski definition) is 1. The van der Waals surface area contributed by atoms with Gasteiger partial charge in [0.1, 0.15) is 9.88 Å². The topological polar surface area (TPSA) is 72.7 Å². The zero-order chi connectivity index (χ0) is 16.1. The zero-order valence-corrected chi connectivity index (χ0v) is 13.6. The number of amides is 1. The number of carbonyl (C=O) groups is 1. The largest absolute Gasteiger partial charge is 0.351 e. The number of imidazole rings is 1. The highest BCUT2D eigenvalue weighted by molar-refractivity contribution is 7.17. The molecule has 118 valence electrons. The third-order valence-electron chi connectivity index (χ3n) is 3.35. The molecule has 0 spiro atoms. The van der Waals surface area contributed by atoms with Crippen molar-refractivity contribution in [2.75, 3.05) is 6.54 Å². The summed E-state index contributed by atoms with van der Waals surface area (Å²) in [6.45, 7) is 3.32. The molecule has 1 N–H and O–H groups in total. The molecular formula is C16H17N5OS. The van der Waals surface area contributed by atoms with Gasteiger partial charge in [0.2, 0.25) is 0 Å². The molecule has 0 aliphatic rings. The van der Waals surface area contributed by atoms with Crippen LogP contribution >= 0.6 is 11.3 Å². The van der Waals surface area contributed by atoms with Crippen LogP contribution in [0, 0.1) is 6.92 Å². The van der Waals surface area contributed by atoms with Gasteiger partial charge in [-0.05, 0) is 25.5 Å². The van der Waals surface area contributed by atoms with Crippen molar-refractivity contribution in [3.63, 3.8) is 0 Å². The number of aryl methyl sites for hydroxylation is 2. The number of thiazole rings is 1. The second-order valence-corrected chi connectivity index (χ2v) is 6.08. The van der Waals surface area contributed by atoms with Gasteiger partial charge in [-0.1, -0.05) is 0 Å². The first kappa shape index (κ1) is 15.4. The maximum absolute atomic E-state index is 12.3. The summed E-state index contributed by atoms with van der Waals surface area (Å²) < 4.78 is 1.99. The Morgan fingerprint density at radius 2 is 2.26 bits per heavy atom. The van der Waals surface area contributed by atoms with Crippen LogP contribution in [0.3, 0.4) is 0 Å². The lowest BCUT2D eigenvalue weighted by Crippen LogP contribution is -2.25. The molecule has 6 nitrogen and oxygen atoms in total. The number of nitrogens with zero attached hydrogens (tertiary/aromatic N) is 4. The normalized spacial score (nSPS) is 10.7. The Morgan fingerprint density at radius 1 is 1.35 bits per heavy atom. The van der Waals surface area contributed by atoms with Gasteiger partial charge in [0.05, 0.1) is 12.0 Å². The molecular weight excluding hydrogens is 310 g/mol. The summed E-state index contributed by atoms with van der Waals surface area (Å²) in [5.74, 6) is -0.0687. The van der Waals surface area contributed by atoms with Gasteiger partial charge in [0.15, 0.2) is 0 Å². The average Bonchev–Trinajstić information content (AvgIpc) is 3.22. The second kappa shape index (κ2) is 7.15. The number of pyridine rings is 1. The molecule has 3 aromatic rings. The van der Waals surface area contributed by atoms with Crippen molar-refractivity contribution in [1.82, 2.24) is 24.8 Å². The number of aromatic nitrogens is 4. The summed E-state index contributed by atoms with van der Waals surface area (Å²) in [5.41, 5.74) is 1.68. The minimum Gasteiger partial charge on any atom is -0.351 e. The molecule has 0 fully saturated rings. The lowest BCUT2D eigenvalue weighted by atomic mass is 10.3. The Kier molecular flexibility index (Phi) is 4.77. The van der Waals surface area contributed by atoms with Crippen LogP contribution < -0.4 is 5.32 Å². The lowest BCUT2D eigenvalue weighted by molar-refractivity contribution is 0.0956. The predicted molar refractivity (Wildman–Crippen MR) is 89.3 cm³/mol. The van der Waals surface area contributed by atoms with Crippen LogP contribution in [-0.4, -0.2) is 32.0 Å². The number of rotatable bonds is 6. The SMILES string of the molecule is Cc1nc(-c2cccnc2)sc1C(=O)NCCCn1ccnc1. The molecule has 0 aromatic carbocycles. The molecule has 3 aromatic heterocycles. The van der Waals surface area contributed by atoms with E-state index in [0.29, 0.717) is 11.4 Å². The Bertz CT molecular complexity index is 767. The molecule has 23 heavy (non-hydrogen) atoms. The molecule has 0 saturated heterocycles. The highest BCUT2D eigenvalue weighted by Gasteiger charge is 2.15. The third kappa shape index (κ3) is 3.81. The summed E-state index contributed by atoms with van der Waals surface area (Å²) in [4.78, 5) is 25.5. The van der Waals surface area contributed by atoms with E-state index in [1.807, 2.05) is 29.8 Å². The number of nitrogens with one attached hydrogen (secondary N) is 1. The molecule has 0 saturated carbocycles. The summed E-state index contributed by atoms with van der Waals surface area (Å²) >= 11 is 1.40. The van der Waals surface area contributed by atoms with Gasteiger partial charge in [-0.2, -0.15) is 0 Å². The minimum atomic E-state index is -0.0687. The summed E-state index contributed by atoms with van der Waals surface area (Å²) in [6.07, 6.45) is 9.77. The number of carbonyl (C=O) groups excluding carboxylic acids is 1. The molecule has 1 amide bonds. The van der Waals surface area contributed by atoms with Crippen molar-refractivity contribution in [3.05, 3.63) is 53.8 Å². The Morgan fingerprint density at radius 3 is 3.00 bits per heavy atom. The molecule has 3 heterocycles. The second-order valence-electron chi connectivity index (χ2n) is 5.09. The van der Waals surface area contributed by atoms with Crippen molar-refractivity contribution >= 4 is 17.2 Å². The fraction of sp³-hybridized carbons (Fsp3) is 0.250. The van der Waals surface area contributed by atoms with Crippen molar-refractivity contribution < 1.29 is 4.79 Å². The third-order valence-corrected chi connectivity index (χ3v) is 4.55. The Hall–Kier alpha value is -2.54. The molecule has 0 aliphatic carbocycles. The quantitative estimate of drug-likeness (QED) is 0.706. The first-order valence-electron chi connectivity index (χ1n) is 7.36. The molecule has 0 atom stereocenters. The maximum atomic E-state index is 12.3. The van der Waals surface area contributed by atoms with E-state index in [1.54, 1.807) is 24.9 Å². The molecule has 0 bridgehead atoms. The first-order valence-corrected chi connectivity index (χ1v) is 8.17. The minimum absolute atomic E-state index is 0.0687. The summed E-state index contributed by atoms with van der Waals surface area (Å²) in [7, 11) is 0. The Balaban J connectivity index is 1.58. The highest BCUT2D eigenvalue weighted by Crippen LogP contribution is 2.27. The van der Waals surface area contributed by atoms with Gasteiger partial charge in [-0.3, -0.25) is 9.78 Å². The first-order chi connectivity index (χ1) is 11.2. The van der Waals surface area contributed by atoms with Crippen LogP contribution in [0.1, 0.15) is 21.8 Å². The van der Waals surface area contributed by atoms with Crippen molar-refractivity contribution in [1.29, 1.82) is 0 Å². The van der Waals surface area contributed by atoms with E-state index in [4.69, 9.17) is 0 Å². The van der Waals surface area contributed by atoms with Crippen LogP contribution in [0.4, 0.5) is 0 Å². The van der Waals surface area contributed by atoms with E-state index in [0.717, 1.165) is 29.2 Å². The zero-order valence-electron chi connectivity index (χ0n) is 12.8. The van der Waals surface area contributed by atoms with E-state index in [9.17, 15) is 4.79 Å².